The summed E-state index contributed by atoms with van der Waals surface area (Å²) in [4.78, 5) is 27.7. The Labute approximate surface area is 206 Å². The first-order valence-corrected chi connectivity index (χ1v) is 11.1. The number of halogens is 3. The number of esters is 2. The first-order chi connectivity index (χ1) is 17.0. The zero-order valence-electron chi connectivity index (χ0n) is 19.8. The van der Waals surface area contributed by atoms with Crippen molar-refractivity contribution in [3.05, 3.63) is 87.9 Å². The highest BCUT2D eigenvalue weighted by Crippen LogP contribution is 2.44. The third kappa shape index (κ3) is 5.05. The van der Waals surface area contributed by atoms with Crippen LogP contribution >= 0.6 is 0 Å². The SMILES string of the molecule is CCOC(=O)C1=C(C(=O)OCC)N(c2ccc(C)cc2)C(N)=C(C#N)C1c1cccc(C(F)(F)F)c1. The van der Waals surface area contributed by atoms with E-state index in [9.17, 15) is 28.0 Å². The molecule has 0 saturated heterocycles. The summed E-state index contributed by atoms with van der Waals surface area (Å²) in [6.07, 6.45) is -4.68. The number of allylic oxidation sites excluding steroid dienone is 1. The van der Waals surface area contributed by atoms with Crippen LogP contribution in [0.5, 0.6) is 0 Å². The predicted octanol–water partition coefficient (Wildman–Crippen LogP) is 4.69. The Morgan fingerprint density at radius 1 is 1.06 bits per heavy atom. The highest BCUT2D eigenvalue weighted by atomic mass is 19.4. The number of nitrogens with two attached hydrogens (primary N) is 1. The summed E-state index contributed by atoms with van der Waals surface area (Å²) in [5.41, 5.74) is 5.68. The van der Waals surface area contributed by atoms with Crippen LogP contribution in [0.2, 0.25) is 0 Å². The summed E-state index contributed by atoms with van der Waals surface area (Å²) < 4.78 is 50.9. The normalized spacial score (nSPS) is 16.0. The van der Waals surface area contributed by atoms with Gasteiger partial charge in [0, 0.05) is 5.69 Å². The van der Waals surface area contributed by atoms with Crippen LogP contribution in [-0.2, 0) is 25.2 Å². The Kier molecular flexibility index (Phi) is 7.73. The molecule has 0 amide bonds. The average Bonchev–Trinajstić information content (AvgIpc) is 2.83. The van der Waals surface area contributed by atoms with Crippen LogP contribution in [0, 0.1) is 18.3 Å². The van der Waals surface area contributed by atoms with Crippen LogP contribution in [0.15, 0.2) is 71.2 Å². The second-order valence-electron chi connectivity index (χ2n) is 7.84. The minimum absolute atomic E-state index is 0.0525. The topological polar surface area (TPSA) is 106 Å². The summed E-state index contributed by atoms with van der Waals surface area (Å²) in [5.74, 6) is -3.56. The summed E-state index contributed by atoms with van der Waals surface area (Å²) in [5, 5.41) is 10.1. The number of anilines is 1. The number of nitrogens with zero attached hydrogens (tertiary/aromatic N) is 2. The van der Waals surface area contributed by atoms with Gasteiger partial charge < -0.3 is 15.2 Å². The number of ether oxygens (including phenoxy) is 2. The van der Waals surface area contributed by atoms with E-state index in [0.717, 1.165) is 23.8 Å². The lowest BCUT2D eigenvalue weighted by Crippen LogP contribution is -2.41. The summed E-state index contributed by atoms with van der Waals surface area (Å²) in [6, 6.07) is 12.8. The zero-order valence-corrected chi connectivity index (χ0v) is 19.8. The molecule has 1 aliphatic rings. The molecule has 1 aliphatic heterocycles. The van der Waals surface area contributed by atoms with Gasteiger partial charge in [-0.25, -0.2) is 9.59 Å². The molecular weight excluding hydrogens is 475 g/mol. The fourth-order valence-electron chi connectivity index (χ4n) is 3.93. The molecule has 36 heavy (non-hydrogen) atoms. The van der Waals surface area contributed by atoms with Crippen molar-refractivity contribution in [3.63, 3.8) is 0 Å². The van der Waals surface area contributed by atoms with Gasteiger partial charge in [-0.2, -0.15) is 18.4 Å². The minimum atomic E-state index is -4.68. The summed E-state index contributed by atoms with van der Waals surface area (Å²) in [7, 11) is 0. The molecule has 0 spiro atoms. The summed E-state index contributed by atoms with van der Waals surface area (Å²) >= 11 is 0. The smallest absolute Gasteiger partial charge is 0.416 e. The summed E-state index contributed by atoms with van der Waals surface area (Å²) in [6.45, 7) is 4.81. The van der Waals surface area contributed by atoms with Gasteiger partial charge in [-0.3, -0.25) is 4.90 Å². The van der Waals surface area contributed by atoms with Gasteiger partial charge >= 0.3 is 18.1 Å². The number of nitriles is 1. The molecule has 1 atom stereocenters. The Balaban J connectivity index is 2.41. The van der Waals surface area contributed by atoms with Gasteiger partial charge in [-0.05, 0) is 44.5 Å². The van der Waals surface area contributed by atoms with Gasteiger partial charge in [-0.15, -0.1) is 0 Å². The molecule has 7 nitrogen and oxygen atoms in total. The lowest BCUT2D eigenvalue weighted by Gasteiger charge is -2.36. The molecule has 2 N–H and O–H groups in total. The number of carbonyl (C=O) groups is 2. The lowest BCUT2D eigenvalue weighted by atomic mass is 9.80. The maximum atomic E-state index is 13.5. The van der Waals surface area contributed by atoms with E-state index in [1.807, 2.05) is 13.0 Å². The van der Waals surface area contributed by atoms with Crippen LogP contribution in [0.3, 0.4) is 0 Å². The molecule has 2 aromatic carbocycles. The highest BCUT2D eigenvalue weighted by molar-refractivity contribution is 6.06. The lowest BCUT2D eigenvalue weighted by molar-refractivity contribution is -0.142. The largest absolute Gasteiger partial charge is 0.463 e. The molecule has 1 unspecified atom stereocenters. The maximum absolute atomic E-state index is 13.5. The number of benzene rings is 2. The monoisotopic (exact) mass is 499 g/mol. The molecule has 188 valence electrons. The number of hydrogen-bond donors (Lipinski definition) is 1. The van der Waals surface area contributed by atoms with Crippen molar-refractivity contribution in [1.29, 1.82) is 5.26 Å². The van der Waals surface area contributed by atoms with Crippen LogP contribution in [-0.4, -0.2) is 25.2 Å². The van der Waals surface area contributed by atoms with Gasteiger partial charge in [0.05, 0.1) is 41.9 Å². The number of carbonyl (C=O) groups excluding carboxylic acids is 2. The van der Waals surface area contributed by atoms with Crippen molar-refractivity contribution >= 4 is 17.6 Å². The minimum Gasteiger partial charge on any atom is -0.463 e. The van der Waals surface area contributed by atoms with Gasteiger partial charge in [-0.1, -0.05) is 35.9 Å². The Morgan fingerprint density at radius 2 is 1.67 bits per heavy atom. The quantitative estimate of drug-likeness (QED) is 0.575. The molecule has 3 rings (SSSR count). The van der Waals surface area contributed by atoms with E-state index in [0.29, 0.717) is 5.69 Å². The molecule has 0 fully saturated rings. The predicted molar refractivity (Wildman–Crippen MR) is 125 cm³/mol. The van der Waals surface area contributed by atoms with E-state index < -0.39 is 29.6 Å². The Hall–Kier alpha value is -4.26. The first-order valence-electron chi connectivity index (χ1n) is 11.1. The second-order valence-corrected chi connectivity index (χ2v) is 7.84. The second kappa shape index (κ2) is 10.6. The molecule has 0 radical (unpaired) electrons. The molecule has 10 heteroatoms. The number of aryl methyl sites for hydroxylation is 1. The molecule has 0 saturated carbocycles. The number of hydrogen-bond acceptors (Lipinski definition) is 7. The molecule has 2 aromatic rings. The molecule has 0 aromatic heterocycles. The first kappa shape index (κ1) is 26.3. The van der Waals surface area contributed by atoms with Crippen molar-refractivity contribution < 1.29 is 32.2 Å². The van der Waals surface area contributed by atoms with Gasteiger partial charge in [0.1, 0.15) is 11.5 Å². The fourth-order valence-corrected chi connectivity index (χ4v) is 3.93. The van der Waals surface area contributed by atoms with Crippen molar-refractivity contribution in [3.8, 4) is 6.07 Å². The van der Waals surface area contributed by atoms with E-state index in [-0.39, 0.29) is 41.4 Å². The van der Waals surface area contributed by atoms with Gasteiger partial charge in [0.2, 0.25) is 0 Å². The Morgan fingerprint density at radius 3 is 2.22 bits per heavy atom. The molecule has 1 heterocycles. The van der Waals surface area contributed by atoms with Gasteiger partial charge in [0.25, 0.3) is 0 Å². The van der Waals surface area contributed by atoms with Crippen LogP contribution in [0.25, 0.3) is 0 Å². The van der Waals surface area contributed by atoms with Gasteiger partial charge in [0.15, 0.2) is 0 Å². The van der Waals surface area contributed by atoms with Crippen molar-refractivity contribution in [2.45, 2.75) is 32.9 Å². The third-order valence-electron chi connectivity index (χ3n) is 5.50. The highest BCUT2D eigenvalue weighted by Gasteiger charge is 2.44. The number of rotatable bonds is 6. The van der Waals surface area contributed by atoms with E-state index in [1.165, 1.54) is 17.9 Å². The van der Waals surface area contributed by atoms with E-state index in [2.05, 4.69) is 0 Å². The number of alkyl halides is 3. The van der Waals surface area contributed by atoms with Crippen LogP contribution < -0.4 is 10.6 Å². The zero-order chi connectivity index (χ0) is 26.6. The average molecular weight is 499 g/mol. The van der Waals surface area contributed by atoms with E-state index in [4.69, 9.17) is 15.2 Å². The third-order valence-corrected chi connectivity index (χ3v) is 5.50. The van der Waals surface area contributed by atoms with Crippen LogP contribution in [0.4, 0.5) is 18.9 Å². The standard InChI is InChI=1S/C26H24F3N3O4/c1-4-35-24(33)21-20(16-7-6-8-17(13-16)26(27,28)29)19(14-30)23(31)32(22(21)25(34)36-5-2)18-11-9-15(3)10-12-18/h6-13,20H,4-5,31H2,1-3H3. The fraction of sp³-hybridized carbons (Fsp3) is 0.269. The van der Waals surface area contributed by atoms with E-state index >= 15 is 0 Å². The molecule has 0 bridgehead atoms. The van der Waals surface area contributed by atoms with Crippen molar-refractivity contribution in [1.82, 2.24) is 0 Å². The van der Waals surface area contributed by atoms with Crippen LogP contribution in [0.1, 0.15) is 36.5 Å². The molecular formula is C26H24F3N3O4. The molecule has 0 aliphatic carbocycles. The maximum Gasteiger partial charge on any atom is 0.416 e. The van der Waals surface area contributed by atoms with E-state index in [1.54, 1.807) is 31.2 Å². The Bertz CT molecular complexity index is 1270. The van der Waals surface area contributed by atoms with Crippen molar-refractivity contribution in [2.75, 3.05) is 18.1 Å². The van der Waals surface area contributed by atoms with Crippen molar-refractivity contribution in [2.24, 2.45) is 5.73 Å².